The molecule has 8 nitrogen and oxygen atoms in total. The Hall–Kier alpha value is -2.46. The van der Waals surface area contributed by atoms with Crippen LogP contribution in [0.5, 0.6) is 0 Å². The minimum atomic E-state index is -4.50. The highest BCUT2D eigenvalue weighted by atomic mass is 35.5. The number of hydrogen-bond acceptors (Lipinski definition) is 6. The Morgan fingerprint density at radius 3 is 2.41 bits per heavy atom. The first-order valence-corrected chi connectivity index (χ1v) is 9.67. The molecule has 0 amide bonds. The van der Waals surface area contributed by atoms with Crippen LogP contribution in [0.4, 0.5) is 17.2 Å². The zero-order chi connectivity index (χ0) is 19.8. The molecule has 0 unspecified atom stereocenters. The summed E-state index contributed by atoms with van der Waals surface area (Å²) in [6.45, 7) is 1.72. The van der Waals surface area contributed by atoms with Crippen LogP contribution < -0.4 is 5.73 Å². The minimum absolute atomic E-state index is 0.0533. The summed E-state index contributed by atoms with van der Waals surface area (Å²) in [5.74, 6) is 0.277. The van der Waals surface area contributed by atoms with E-state index in [-0.39, 0.29) is 21.6 Å². The Labute approximate surface area is 165 Å². The number of azo groups is 1. The summed E-state index contributed by atoms with van der Waals surface area (Å²) in [4.78, 5) is -0.513. The van der Waals surface area contributed by atoms with Gasteiger partial charge in [0.25, 0.3) is 10.1 Å². The Morgan fingerprint density at radius 2 is 1.78 bits per heavy atom. The molecule has 0 aliphatic carbocycles. The number of benzene rings is 2. The van der Waals surface area contributed by atoms with Crippen molar-refractivity contribution in [3.63, 3.8) is 0 Å². The van der Waals surface area contributed by atoms with E-state index in [9.17, 15) is 8.42 Å². The largest absolute Gasteiger partial charge is 0.382 e. The lowest BCUT2D eigenvalue weighted by atomic mass is 10.3. The Balaban J connectivity index is 2.01. The van der Waals surface area contributed by atoms with Crippen molar-refractivity contribution >= 4 is 50.5 Å². The topological polar surface area (TPSA) is 123 Å². The Bertz CT molecular complexity index is 1140. The van der Waals surface area contributed by atoms with Gasteiger partial charge in [-0.3, -0.25) is 4.55 Å². The van der Waals surface area contributed by atoms with Crippen LogP contribution in [-0.4, -0.2) is 22.8 Å². The van der Waals surface area contributed by atoms with E-state index in [1.807, 2.05) is 30.3 Å². The molecular weight excluding hydrogens is 413 g/mol. The third kappa shape index (κ3) is 3.96. The van der Waals surface area contributed by atoms with Crippen LogP contribution in [0.2, 0.25) is 10.0 Å². The van der Waals surface area contributed by atoms with Gasteiger partial charge in [0.15, 0.2) is 11.5 Å². The van der Waals surface area contributed by atoms with E-state index in [1.54, 1.807) is 6.92 Å². The van der Waals surface area contributed by atoms with Gasteiger partial charge in [-0.2, -0.15) is 13.5 Å². The molecule has 11 heteroatoms. The summed E-state index contributed by atoms with van der Waals surface area (Å²) in [5, 5.41) is 12.1. The fourth-order valence-corrected chi connectivity index (χ4v) is 3.61. The highest BCUT2D eigenvalue weighted by Crippen LogP contribution is 2.36. The van der Waals surface area contributed by atoms with Crippen molar-refractivity contribution in [3.05, 3.63) is 58.2 Å². The Morgan fingerprint density at radius 1 is 1.11 bits per heavy atom. The highest BCUT2D eigenvalue weighted by Gasteiger charge is 2.18. The first-order valence-electron chi connectivity index (χ1n) is 7.47. The summed E-state index contributed by atoms with van der Waals surface area (Å²) in [6, 6.07) is 11.4. The molecule has 0 fully saturated rings. The van der Waals surface area contributed by atoms with Crippen LogP contribution in [0, 0.1) is 6.92 Å². The molecule has 140 valence electrons. The van der Waals surface area contributed by atoms with Gasteiger partial charge in [-0.1, -0.05) is 41.4 Å². The van der Waals surface area contributed by atoms with E-state index in [4.69, 9.17) is 33.5 Å². The van der Waals surface area contributed by atoms with Gasteiger partial charge in [-0.15, -0.1) is 10.2 Å². The van der Waals surface area contributed by atoms with Crippen LogP contribution in [-0.2, 0) is 10.1 Å². The van der Waals surface area contributed by atoms with E-state index < -0.39 is 15.0 Å². The van der Waals surface area contributed by atoms with Crippen molar-refractivity contribution in [2.75, 3.05) is 5.73 Å². The Kier molecular flexibility index (Phi) is 5.20. The third-order valence-corrected chi connectivity index (χ3v) is 5.22. The van der Waals surface area contributed by atoms with Gasteiger partial charge >= 0.3 is 0 Å². The second kappa shape index (κ2) is 7.28. The third-order valence-electron chi connectivity index (χ3n) is 3.60. The molecule has 0 radical (unpaired) electrons. The maximum Gasteiger partial charge on any atom is 0.296 e. The number of hydrogen-bond donors (Lipinski definition) is 2. The molecule has 0 spiro atoms. The van der Waals surface area contributed by atoms with Crippen LogP contribution >= 0.6 is 23.2 Å². The van der Waals surface area contributed by atoms with Gasteiger partial charge in [0.05, 0.1) is 21.4 Å². The number of nitrogen functional groups attached to an aromatic ring is 1. The van der Waals surface area contributed by atoms with Crippen molar-refractivity contribution < 1.29 is 13.0 Å². The van der Waals surface area contributed by atoms with E-state index in [1.165, 1.54) is 10.7 Å². The molecule has 0 aliphatic heterocycles. The molecule has 27 heavy (non-hydrogen) atoms. The number of para-hydroxylation sites is 1. The first-order chi connectivity index (χ1) is 12.7. The van der Waals surface area contributed by atoms with E-state index >= 15 is 0 Å². The molecule has 0 aliphatic rings. The summed E-state index contributed by atoms with van der Waals surface area (Å²) < 4.78 is 33.2. The lowest BCUT2D eigenvalue weighted by Crippen LogP contribution is -2.01. The molecule has 0 saturated heterocycles. The monoisotopic (exact) mass is 425 g/mol. The van der Waals surface area contributed by atoms with Crippen molar-refractivity contribution in [2.45, 2.75) is 11.8 Å². The molecule has 3 N–H and O–H groups in total. The average molecular weight is 426 g/mol. The number of nitrogens with zero attached hydrogens (tertiary/aromatic N) is 4. The number of aryl methyl sites for hydroxylation is 1. The lowest BCUT2D eigenvalue weighted by Gasteiger charge is -2.04. The number of aromatic nitrogens is 2. The highest BCUT2D eigenvalue weighted by molar-refractivity contribution is 7.86. The summed E-state index contributed by atoms with van der Waals surface area (Å²) in [5.41, 5.74) is 7.88. The molecule has 2 aromatic carbocycles. The number of nitrogens with two attached hydrogens (primary N) is 1. The molecule has 3 aromatic rings. The molecule has 0 atom stereocenters. The number of rotatable bonds is 4. The van der Waals surface area contributed by atoms with Crippen LogP contribution in [0.1, 0.15) is 5.69 Å². The van der Waals surface area contributed by atoms with Gasteiger partial charge in [0, 0.05) is 0 Å². The van der Waals surface area contributed by atoms with Crippen molar-refractivity contribution in [1.82, 2.24) is 9.78 Å². The van der Waals surface area contributed by atoms with E-state index in [2.05, 4.69) is 15.3 Å². The molecular formula is C16H13Cl2N5O3S. The normalized spacial score (nSPS) is 12.0. The van der Waals surface area contributed by atoms with Gasteiger partial charge in [-0.25, -0.2) is 4.68 Å². The van der Waals surface area contributed by atoms with Gasteiger partial charge < -0.3 is 5.73 Å². The van der Waals surface area contributed by atoms with E-state index in [0.29, 0.717) is 11.4 Å². The van der Waals surface area contributed by atoms with Crippen LogP contribution in [0.25, 0.3) is 5.69 Å². The second-order valence-electron chi connectivity index (χ2n) is 5.48. The standard InChI is InChI=1S/C16H13Cl2N5O3S/c1-9-15(16(19)23(22-9)10-5-3-2-4-6-10)21-20-13-7-12(18)14(8-11(13)17)27(24,25)26/h2-8H,19H2,1H3,(H,24,25,26). The van der Waals surface area contributed by atoms with Crippen molar-refractivity contribution in [3.8, 4) is 5.69 Å². The van der Waals surface area contributed by atoms with Crippen molar-refractivity contribution in [2.24, 2.45) is 10.2 Å². The molecule has 1 heterocycles. The van der Waals surface area contributed by atoms with Crippen LogP contribution in [0.3, 0.4) is 0 Å². The molecule has 0 bridgehead atoms. The average Bonchev–Trinajstić information content (AvgIpc) is 2.89. The summed E-state index contributed by atoms with van der Waals surface area (Å²) in [6.07, 6.45) is 0. The predicted octanol–water partition coefficient (Wildman–Crippen LogP) is 4.73. The first kappa shape index (κ1) is 19.3. The fourth-order valence-electron chi connectivity index (χ4n) is 2.32. The van der Waals surface area contributed by atoms with Crippen LogP contribution in [0.15, 0.2) is 57.6 Å². The summed E-state index contributed by atoms with van der Waals surface area (Å²) in [7, 11) is -4.50. The molecule has 3 rings (SSSR count). The minimum Gasteiger partial charge on any atom is -0.382 e. The van der Waals surface area contributed by atoms with Gasteiger partial charge in [-0.05, 0) is 31.2 Å². The van der Waals surface area contributed by atoms with Crippen molar-refractivity contribution in [1.29, 1.82) is 0 Å². The smallest absolute Gasteiger partial charge is 0.296 e. The van der Waals surface area contributed by atoms with Gasteiger partial charge in [0.2, 0.25) is 0 Å². The zero-order valence-electron chi connectivity index (χ0n) is 13.8. The zero-order valence-corrected chi connectivity index (χ0v) is 16.2. The summed E-state index contributed by atoms with van der Waals surface area (Å²) >= 11 is 11.9. The maximum absolute atomic E-state index is 11.3. The predicted molar refractivity (Wildman–Crippen MR) is 103 cm³/mol. The van der Waals surface area contributed by atoms with Gasteiger partial charge in [0.1, 0.15) is 10.6 Å². The maximum atomic E-state index is 11.3. The molecule has 1 aromatic heterocycles. The van der Waals surface area contributed by atoms with E-state index in [0.717, 1.165) is 11.8 Å². The molecule has 0 saturated carbocycles. The second-order valence-corrected chi connectivity index (χ2v) is 7.68. The lowest BCUT2D eigenvalue weighted by molar-refractivity contribution is 0.483. The SMILES string of the molecule is Cc1nn(-c2ccccc2)c(N)c1N=Nc1cc(Cl)c(S(=O)(=O)O)cc1Cl. The quantitative estimate of drug-likeness (QED) is 0.461. The number of halogens is 2. The number of anilines is 1. The fraction of sp³-hybridized carbons (Fsp3) is 0.0625.